The van der Waals surface area contributed by atoms with Crippen LogP contribution in [0.2, 0.25) is 0 Å². The fourth-order valence-corrected chi connectivity index (χ4v) is 4.00. The molecule has 0 aromatic heterocycles. The molecule has 10 heteroatoms. The Labute approximate surface area is 225 Å². The van der Waals surface area contributed by atoms with Crippen molar-refractivity contribution < 1.29 is 42.1 Å². The van der Waals surface area contributed by atoms with E-state index in [1.807, 2.05) is 21.1 Å². The second kappa shape index (κ2) is 21.7. The summed E-state index contributed by atoms with van der Waals surface area (Å²) in [6, 6.07) is 0. The second-order valence-corrected chi connectivity index (χ2v) is 11.8. The van der Waals surface area contributed by atoms with Crippen LogP contribution in [0.5, 0.6) is 0 Å². The van der Waals surface area contributed by atoms with Crippen molar-refractivity contribution in [2.24, 2.45) is 0 Å². The van der Waals surface area contributed by atoms with Crippen LogP contribution in [0.15, 0.2) is 12.2 Å². The number of nitrogens with zero attached hydrogens (tertiary/aromatic N) is 1. The average molecular weight is 550 g/mol. The van der Waals surface area contributed by atoms with Crippen LogP contribution < -0.4 is 4.89 Å². The minimum absolute atomic E-state index is 0.0328. The molecule has 0 rings (SSSR count). The third-order valence-corrected chi connectivity index (χ3v) is 6.55. The zero-order chi connectivity index (χ0) is 28.0. The summed E-state index contributed by atoms with van der Waals surface area (Å²) in [5.74, 6) is -0.948. The number of unbranched alkanes of at least 4 members (excludes halogenated alkanes) is 9. The van der Waals surface area contributed by atoms with E-state index in [1.165, 1.54) is 32.1 Å². The summed E-state index contributed by atoms with van der Waals surface area (Å²) in [6.45, 7) is 3.55. The molecule has 2 unspecified atom stereocenters. The second-order valence-electron chi connectivity index (χ2n) is 10.4. The molecule has 0 spiro atoms. The zero-order valence-electron chi connectivity index (χ0n) is 23.9. The lowest BCUT2D eigenvalue weighted by atomic mass is 10.1. The largest absolute Gasteiger partial charge is 0.756 e. The van der Waals surface area contributed by atoms with E-state index in [0.29, 0.717) is 17.4 Å². The van der Waals surface area contributed by atoms with Gasteiger partial charge in [-0.2, -0.15) is 0 Å². The lowest BCUT2D eigenvalue weighted by molar-refractivity contribution is -0.870. The summed E-state index contributed by atoms with van der Waals surface area (Å²) in [4.78, 5) is 35.8. The number of esters is 2. The summed E-state index contributed by atoms with van der Waals surface area (Å²) in [6.07, 6.45) is 16.2. The molecule has 0 aromatic rings. The first-order chi connectivity index (χ1) is 17.5. The summed E-state index contributed by atoms with van der Waals surface area (Å²) in [5.41, 5.74) is 0. The van der Waals surface area contributed by atoms with Gasteiger partial charge in [0.05, 0.1) is 27.7 Å². The predicted molar refractivity (Wildman–Crippen MR) is 144 cm³/mol. The van der Waals surface area contributed by atoms with Crippen LogP contribution in [0.4, 0.5) is 0 Å². The molecule has 2 atom stereocenters. The summed E-state index contributed by atoms with van der Waals surface area (Å²) < 4.78 is 32.7. The van der Waals surface area contributed by atoms with Crippen LogP contribution in [-0.2, 0) is 32.7 Å². The highest BCUT2D eigenvalue weighted by Crippen LogP contribution is 2.38. The molecule has 37 heavy (non-hydrogen) atoms. The van der Waals surface area contributed by atoms with Gasteiger partial charge in [-0.1, -0.05) is 64.5 Å². The number of rotatable bonds is 24. The van der Waals surface area contributed by atoms with E-state index in [0.717, 1.165) is 32.1 Å². The minimum Gasteiger partial charge on any atom is -0.756 e. The summed E-state index contributed by atoms with van der Waals surface area (Å²) in [7, 11) is 1.15. The van der Waals surface area contributed by atoms with Gasteiger partial charge in [-0.25, -0.2) is 0 Å². The van der Waals surface area contributed by atoms with Crippen LogP contribution in [0, 0.1) is 0 Å². The Morgan fingerprint density at radius 1 is 0.838 bits per heavy atom. The Bertz CT molecular complexity index is 678. The first-order valence-electron chi connectivity index (χ1n) is 13.9. The molecule has 0 aliphatic heterocycles. The fourth-order valence-electron chi connectivity index (χ4n) is 3.27. The maximum atomic E-state index is 12.3. The lowest BCUT2D eigenvalue weighted by Crippen LogP contribution is -2.37. The molecular weight excluding hydrogens is 497 g/mol. The topological polar surface area (TPSA) is 111 Å². The third kappa shape index (κ3) is 24.8. The normalized spacial score (nSPS) is 14.4. The van der Waals surface area contributed by atoms with Crippen molar-refractivity contribution in [3.8, 4) is 0 Å². The molecule has 0 bridgehead atoms. The minimum atomic E-state index is -4.58. The Hall–Kier alpha value is -1.25. The number of carbonyl (C=O) groups excluding carboxylic acids is 2. The Balaban J connectivity index is 4.23. The number of carbonyl (C=O) groups is 2. The van der Waals surface area contributed by atoms with Gasteiger partial charge in [-0.15, -0.1) is 0 Å². The van der Waals surface area contributed by atoms with E-state index in [9.17, 15) is 19.0 Å². The van der Waals surface area contributed by atoms with Crippen molar-refractivity contribution in [1.29, 1.82) is 0 Å². The number of quaternary nitrogens is 1. The number of phosphoric acid groups is 1. The SMILES string of the molecule is CCCCCC/C=C\CCCCCCCC(=O)OC(COC(=O)CC)COP(=O)([O-])OCC[N+](C)(C)C. The highest BCUT2D eigenvalue weighted by atomic mass is 31.2. The number of ether oxygens (including phenoxy) is 2. The van der Waals surface area contributed by atoms with E-state index in [2.05, 4.69) is 19.1 Å². The molecule has 0 N–H and O–H groups in total. The molecule has 0 aliphatic rings. The van der Waals surface area contributed by atoms with E-state index in [-0.39, 0.29) is 26.1 Å². The van der Waals surface area contributed by atoms with Crippen molar-refractivity contribution in [3.05, 3.63) is 12.2 Å². The predicted octanol–water partition coefficient (Wildman–Crippen LogP) is 5.32. The van der Waals surface area contributed by atoms with E-state index >= 15 is 0 Å². The molecule has 0 amide bonds. The van der Waals surface area contributed by atoms with Gasteiger partial charge in [0.1, 0.15) is 19.8 Å². The fraction of sp³-hybridized carbons (Fsp3) is 0.852. The van der Waals surface area contributed by atoms with Crippen LogP contribution in [0.3, 0.4) is 0 Å². The monoisotopic (exact) mass is 549 g/mol. The summed E-state index contributed by atoms with van der Waals surface area (Å²) in [5, 5.41) is 0. The smallest absolute Gasteiger partial charge is 0.306 e. The molecule has 0 saturated carbocycles. The van der Waals surface area contributed by atoms with Crippen LogP contribution in [0.25, 0.3) is 0 Å². The Kier molecular flexibility index (Phi) is 20.9. The Morgan fingerprint density at radius 2 is 1.43 bits per heavy atom. The number of likely N-dealkylation sites (N-methyl/N-ethyl adjacent to an activating group) is 1. The first-order valence-corrected chi connectivity index (χ1v) is 15.4. The van der Waals surface area contributed by atoms with Crippen molar-refractivity contribution in [2.45, 2.75) is 103 Å². The Morgan fingerprint density at radius 3 is 2.03 bits per heavy atom. The highest BCUT2D eigenvalue weighted by Gasteiger charge is 2.21. The van der Waals surface area contributed by atoms with Crippen molar-refractivity contribution >= 4 is 19.8 Å². The van der Waals surface area contributed by atoms with Crippen LogP contribution >= 0.6 is 7.82 Å². The number of allylic oxidation sites excluding steroid dienone is 2. The van der Waals surface area contributed by atoms with Gasteiger partial charge < -0.3 is 27.9 Å². The lowest BCUT2D eigenvalue weighted by Gasteiger charge is -2.28. The molecule has 0 saturated heterocycles. The summed E-state index contributed by atoms with van der Waals surface area (Å²) >= 11 is 0. The van der Waals surface area contributed by atoms with Gasteiger partial charge in [0.2, 0.25) is 0 Å². The van der Waals surface area contributed by atoms with E-state index in [4.69, 9.17) is 18.5 Å². The third-order valence-electron chi connectivity index (χ3n) is 5.59. The zero-order valence-corrected chi connectivity index (χ0v) is 24.8. The molecule has 0 fully saturated rings. The van der Waals surface area contributed by atoms with Gasteiger partial charge >= 0.3 is 11.9 Å². The average Bonchev–Trinajstić information content (AvgIpc) is 2.82. The van der Waals surface area contributed by atoms with Crippen molar-refractivity contribution in [3.63, 3.8) is 0 Å². The van der Waals surface area contributed by atoms with Crippen LogP contribution in [-0.4, -0.2) is 70.0 Å². The standard InChI is InChI=1S/C27H52NO8P/c1-6-8-9-10-11-12-13-14-15-16-17-18-19-20-27(30)36-25(23-33-26(29)7-2)24-35-37(31,32)34-22-21-28(3,4)5/h12-13,25H,6-11,14-24H2,1-5H3/b13-12-. The number of hydrogen-bond donors (Lipinski definition) is 0. The molecule has 0 aliphatic carbocycles. The molecular formula is C27H52NO8P. The number of hydrogen-bond acceptors (Lipinski definition) is 8. The quantitative estimate of drug-likeness (QED) is 0.0523. The molecule has 0 aromatic carbocycles. The highest BCUT2D eigenvalue weighted by molar-refractivity contribution is 7.45. The van der Waals surface area contributed by atoms with Gasteiger partial charge in [0.15, 0.2) is 6.10 Å². The van der Waals surface area contributed by atoms with Crippen molar-refractivity contribution in [2.75, 3.05) is 47.5 Å². The van der Waals surface area contributed by atoms with E-state index < -0.39 is 32.5 Å². The first kappa shape index (κ1) is 35.8. The molecule has 0 radical (unpaired) electrons. The van der Waals surface area contributed by atoms with Crippen molar-refractivity contribution in [1.82, 2.24) is 0 Å². The molecule has 9 nitrogen and oxygen atoms in total. The number of phosphoric ester groups is 1. The van der Waals surface area contributed by atoms with Crippen LogP contribution in [0.1, 0.15) is 97.3 Å². The van der Waals surface area contributed by atoms with Gasteiger partial charge in [0, 0.05) is 12.8 Å². The maximum Gasteiger partial charge on any atom is 0.306 e. The molecule has 218 valence electrons. The van der Waals surface area contributed by atoms with Gasteiger partial charge in [0.25, 0.3) is 7.82 Å². The molecule has 0 heterocycles. The van der Waals surface area contributed by atoms with E-state index in [1.54, 1.807) is 6.92 Å². The van der Waals surface area contributed by atoms with Gasteiger partial charge in [-0.3, -0.25) is 14.2 Å². The van der Waals surface area contributed by atoms with Gasteiger partial charge in [-0.05, 0) is 32.1 Å². The maximum absolute atomic E-state index is 12.3.